The molecule has 4 heteroatoms. The van der Waals surface area contributed by atoms with Crippen LogP contribution in [0.25, 0.3) is 0 Å². The van der Waals surface area contributed by atoms with Crippen LogP contribution in [0.5, 0.6) is 0 Å². The third-order valence-corrected chi connectivity index (χ3v) is 1.79. The molecule has 4 nitrogen and oxygen atoms in total. The van der Waals surface area contributed by atoms with Crippen molar-refractivity contribution in [1.29, 1.82) is 0 Å². The van der Waals surface area contributed by atoms with Crippen molar-refractivity contribution in [3.8, 4) is 0 Å². The van der Waals surface area contributed by atoms with E-state index in [-0.39, 0.29) is 12.3 Å². The summed E-state index contributed by atoms with van der Waals surface area (Å²) in [5.74, 6) is -0.477. The van der Waals surface area contributed by atoms with Crippen LogP contribution in [-0.2, 0) is 9.59 Å². The van der Waals surface area contributed by atoms with Gasteiger partial charge in [0, 0.05) is 6.42 Å². The van der Waals surface area contributed by atoms with Gasteiger partial charge in [-0.2, -0.15) is 0 Å². The summed E-state index contributed by atoms with van der Waals surface area (Å²) in [4.78, 5) is 20.4. The van der Waals surface area contributed by atoms with Gasteiger partial charge in [0.05, 0.1) is 5.54 Å². The Kier molecular flexibility index (Phi) is 1.48. The van der Waals surface area contributed by atoms with Crippen molar-refractivity contribution >= 4 is 12.2 Å². The van der Waals surface area contributed by atoms with E-state index in [4.69, 9.17) is 11.5 Å². The average Bonchev–Trinajstić information content (AvgIpc) is 2.43. The van der Waals surface area contributed by atoms with Gasteiger partial charge in [-0.25, -0.2) is 0 Å². The number of amides is 1. The Labute approximate surface area is 58.6 Å². The topological polar surface area (TPSA) is 86.2 Å². The van der Waals surface area contributed by atoms with Gasteiger partial charge in [0.25, 0.3) is 0 Å². The van der Waals surface area contributed by atoms with Gasteiger partial charge in [0.2, 0.25) is 12.2 Å². The Morgan fingerprint density at radius 2 is 2.40 bits per heavy atom. The monoisotopic (exact) mass is 141 g/mol. The van der Waals surface area contributed by atoms with Crippen molar-refractivity contribution in [2.45, 2.75) is 18.4 Å². The molecular formula is C6H9N2O2. The van der Waals surface area contributed by atoms with Crippen molar-refractivity contribution < 1.29 is 9.59 Å². The molecule has 1 aliphatic carbocycles. The van der Waals surface area contributed by atoms with Crippen molar-refractivity contribution in [1.82, 2.24) is 0 Å². The predicted octanol–water partition coefficient (Wildman–Crippen LogP) is -1.31. The highest BCUT2D eigenvalue weighted by Crippen LogP contribution is 2.41. The molecule has 0 aromatic carbocycles. The average molecular weight is 141 g/mol. The lowest BCUT2D eigenvalue weighted by molar-refractivity contribution is -0.118. The summed E-state index contributed by atoms with van der Waals surface area (Å²) in [6.07, 6.45) is 2.43. The molecule has 1 amide bonds. The van der Waals surface area contributed by atoms with Crippen molar-refractivity contribution in [2.24, 2.45) is 17.4 Å². The molecule has 1 fully saturated rings. The summed E-state index contributed by atoms with van der Waals surface area (Å²) in [5, 5.41) is 0. The summed E-state index contributed by atoms with van der Waals surface area (Å²) < 4.78 is 0. The van der Waals surface area contributed by atoms with Crippen molar-refractivity contribution in [2.75, 3.05) is 0 Å². The first-order valence-corrected chi connectivity index (χ1v) is 3.05. The smallest absolute Gasteiger partial charge is 0.220 e. The molecule has 0 heterocycles. The summed E-state index contributed by atoms with van der Waals surface area (Å²) in [5.41, 5.74) is 9.43. The van der Waals surface area contributed by atoms with Gasteiger partial charge in [0.1, 0.15) is 0 Å². The molecule has 0 saturated heterocycles. The highest BCUT2D eigenvalue weighted by molar-refractivity contribution is 5.78. The van der Waals surface area contributed by atoms with Gasteiger partial charge in [0.15, 0.2) is 0 Å². The maximum Gasteiger partial charge on any atom is 0.220 e. The highest BCUT2D eigenvalue weighted by atomic mass is 16.1. The van der Waals surface area contributed by atoms with Crippen LogP contribution in [-0.4, -0.2) is 17.7 Å². The minimum Gasteiger partial charge on any atom is -0.370 e. The Morgan fingerprint density at radius 3 is 2.70 bits per heavy atom. The SMILES string of the molecule is NC(=O)C[C@H]1C[C@]1(N)[C]=O. The van der Waals surface area contributed by atoms with Gasteiger partial charge in [-0.05, 0) is 12.3 Å². The summed E-state index contributed by atoms with van der Waals surface area (Å²) in [7, 11) is 0. The Bertz CT molecular complexity index is 181. The second-order valence-electron chi connectivity index (χ2n) is 2.71. The number of rotatable bonds is 3. The molecule has 1 radical (unpaired) electrons. The molecule has 0 aromatic heterocycles. The molecule has 0 unspecified atom stereocenters. The molecule has 4 N–H and O–H groups in total. The predicted molar refractivity (Wildman–Crippen MR) is 34.5 cm³/mol. The van der Waals surface area contributed by atoms with Gasteiger partial charge in [-0.3, -0.25) is 9.59 Å². The summed E-state index contributed by atoms with van der Waals surface area (Å²) >= 11 is 0. The molecular weight excluding hydrogens is 132 g/mol. The fourth-order valence-corrected chi connectivity index (χ4v) is 0.971. The van der Waals surface area contributed by atoms with E-state index in [0.717, 1.165) is 0 Å². The largest absolute Gasteiger partial charge is 0.370 e. The highest BCUT2D eigenvalue weighted by Gasteiger charge is 2.52. The number of carbonyl (C=O) groups excluding carboxylic acids is 2. The Morgan fingerprint density at radius 1 is 1.80 bits per heavy atom. The summed E-state index contributed by atoms with van der Waals surface area (Å²) in [6.45, 7) is 0. The van der Waals surface area contributed by atoms with E-state index < -0.39 is 11.4 Å². The van der Waals surface area contributed by atoms with Crippen LogP contribution in [0.4, 0.5) is 0 Å². The van der Waals surface area contributed by atoms with E-state index in [1.165, 1.54) is 0 Å². The van der Waals surface area contributed by atoms with Crippen LogP contribution >= 0.6 is 0 Å². The minimum atomic E-state index is -0.866. The first-order chi connectivity index (χ1) is 4.58. The van der Waals surface area contributed by atoms with Gasteiger partial charge in [-0.15, -0.1) is 0 Å². The van der Waals surface area contributed by atoms with E-state index in [0.29, 0.717) is 6.42 Å². The fourth-order valence-electron chi connectivity index (χ4n) is 0.971. The zero-order chi connectivity index (χ0) is 7.78. The standard InChI is InChI=1S/C6H9N2O2/c7-5(10)1-4-2-6(4,8)3-9/h4H,1-2,8H2,(H2,7,10)/t4-,6-/m0/s1. The summed E-state index contributed by atoms with van der Waals surface area (Å²) in [6, 6.07) is 0. The van der Waals surface area contributed by atoms with E-state index in [2.05, 4.69) is 0 Å². The lowest BCUT2D eigenvalue weighted by Crippen LogP contribution is -2.28. The zero-order valence-corrected chi connectivity index (χ0v) is 5.46. The Balaban J connectivity index is 2.38. The molecule has 0 spiro atoms. The first kappa shape index (κ1) is 7.21. The third-order valence-electron chi connectivity index (χ3n) is 1.79. The quantitative estimate of drug-likeness (QED) is 0.511. The molecule has 0 aliphatic heterocycles. The van der Waals surface area contributed by atoms with Crippen LogP contribution in [0, 0.1) is 5.92 Å². The van der Waals surface area contributed by atoms with Gasteiger partial charge in [-0.1, -0.05) is 0 Å². The normalized spacial score (nSPS) is 37.1. The number of nitrogens with two attached hydrogens (primary N) is 2. The molecule has 0 bridgehead atoms. The molecule has 1 rings (SSSR count). The molecule has 0 aromatic rings. The van der Waals surface area contributed by atoms with E-state index in [9.17, 15) is 9.59 Å². The third kappa shape index (κ3) is 1.16. The van der Waals surface area contributed by atoms with Crippen molar-refractivity contribution in [3.63, 3.8) is 0 Å². The van der Waals surface area contributed by atoms with Gasteiger partial charge < -0.3 is 11.5 Å². The second kappa shape index (κ2) is 2.05. The van der Waals surface area contributed by atoms with E-state index in [1.807, 2.05) is 0 Å². The maximum atomic E-state index is 10.3. The van der Waals surface area contributed by atoms with E-state index >= 15 is 0 Å². The number of carbonyl (C=O) groups is 1. The van der Waals surface area contributed by atoms with Crippen LogP contribution < -0.4 is 11.5 Å². The number of hydrogen-bond donors (Lipinski definition) is 2. The number of hydrogen-bond acceptors (Lipinski definition) is 3. The van der Waals surface area contributed by atoms with Crippen molar-refractivity contribution in [3.05, 3.63) is 0 Å². The number of primary amides is 1. The van der Waals surface area contributed by atoms with E-state index in [1.54, 1.807) is 6.29 Å². The molecule has 2 atom stereocenters. The van der Waals surface area contributed by atoms with Crippen LogP contribution in [0.2, 0.25) is 0 Å². The fraction of sp³-hybridized carbons (Fsp3) is 0.667. The zero-order valence-electron chi connectivity index (χ0n) is 5.46. The van der Waals surface area contributed by atoms with Crippen LogP contribution in [0.3, 0.4) is 0 Å². The maximum absolute atomic E-state index is 10.3. The Hall–Kier alpha value is -0.900. The molecule has 10 heavy (non-hydrogen) atoms. The first-order valence-electron chi connectivity index (χ1n) is 3.05. The molecule has 55 valence electrons. The second-order valence-corrected chi connectivity index (χ2v) is 2.71. The van der Waals surface area contributed by atoms with Crippen LogP contribution in [0.1, 0.15) is 12.8 Å². The minimum absolute atomic E-state index is 0.0671. The molecule has 1 saturated carbocycles. The lowest BCUT2D eigenvalue weighted by Gasteiger charge is -1.96. The van der Waals surface area contributed by atoms with Gasteiger partial charge >= 0.3 is 0 Å². The molecule has 1 aliphatic rings. The lowest BCUT2D eigenvalue weighted by atomic mass is 10.2. The van der Waals surface area contributed by atoms with Crippen LogP contribution in [0.15, 0.2) is 0 Å².